The minimum Gasteiger partial charge on any atom is -0.507 e. The molecule has 1 amide bonds. The molecule has 0 radical (unpaired) electrons. The zero-order valence-electron chi connectivity index (χ0n) is 27.5. The van der Waals surface area contributed by atoms with Crippen molar-refractivity contribution in [3.05, 3.63) is 110 Å². The highest BCUT2D eigenvalue weighted by molar-refractivity contribution is 14.1. The van der Waals surface area contributed by atoms with E-state index in [1.165, 1.54) is 14.2 Å². The number of hydrogen-bond acceptors (Lipinski definition) is 9. The summed E-state index contributed by atoms with van der Waals surface area (Å²) in [7, 11) is 2.94. The molecule has 0 bridgehead atoms. The van der Waals surface area contributed by atoms with Crippen LogP contribution in [-0.2, 0) is 22.4 Å². The van der Waals surface area contributed by atoms with Crippen LogP contribution in [0.5, 0.6) is 34.5 Å². The molecule has 0 spiro atoms. The van der Waals surface area contributed by atoms with E-state index in [1.807, 2.05) is 12.1 Å². The summed E-state index contributed by atoms with van der Waals surface area (Å²) in [6, 6.07) is 21.9. The van der Waals surface area contributed by atoms with Crippen LogP contribution >= 0.6 is 22.6 Å². The first-order chi connectivity index (χ1) is 24.2. The monoisotopic (exact) mass is 793 g/mol. The lowest BCUT2D eigenvalue weighted by Crippen LogP contribution is -2.25. The number of carbonyl (C=O) groups is 3. The molecule has 1 heterocycles. The number of amides is 1. The molecule has 4 aromatic carbocycles. The van der Waals surface area contributed by atoms with E-state index in [2.05, 4.69) is 27.9 Å². The maximum atomic E-state index is 14.0. The molecule has 0 saturated carbocycles. The van der Waals surface area contributed by atoms with Crippen LogP contribution < -0.4 is 29.0 Å². The number of fused-ring (bicyclic) bond motifs is 1. The molecule has 5 rings (SSSR count). The number of hydrogen-bond donors (Lipinski definition) is 3. The third kappa shape index (κ3) is 8.86. The van der Waals surface area contributed by atoms with Gasteiger partial charge in [-0.25, -0.2) is 4.79 Å². The van der Waals surface area contributed by atoms with E-state index in [9.17, 15) is 24.6 Å². The summed E-state index contributed by atoms with van der Waals surface area (Å²) < 4.78 is 28.9. The van der Waals surface area contributed by atoms with Gasteiger partial charge >= 0.3 is 5.97 Å². The van der Waals surface area contributed by atoms with Crippen LogP contribution in [0, 0.1) is 3.57 Å². The number of benzene rings is 4. The number of phenolic OH excluding ortho intramolecular Hbond substituents is 1. The number of rotatable bonds is 16. The quantitative estimate of drug-likeness (QED) is 0.0517. The van der Waals surface area contributed by atoms with Crippen molar-refractivity contribution in [2.24, 2.45) is 0 Å². The number of carboxylic acids is 1. The van der Waals surface area contributed by atoms with E-state index in [0.29, 0.717) is 59.3 Å². The fourth-order valence-electron chi connectivity index (χ4n) is 5.48. The third-order valence-corrected chi connectivity index (χ3v) is 8.79. The summed E-state index contributed by atoms with van der Waals surface area (Å²) in [4.78, 5) is 39.4. The Morgan fingerprint density at radius 2 is 1.62 bits per heavy atom. The number of allylic oxidation sites excluding steroid dienone is 1. The number of Topliss-reactive ketones (excluding diaryl/α,β-unsaturated/α-hetero) is 1. The zero-order valence-corrected chi connectivity index (χ0v) is 29.7. The van der Waals surface area contributed by atoms with Crippen molar-refractivity contribution in [3.63, 3.8) is 0 Å². The molecule has 1 aliphatic rings. The Morgan fingerprint density at radius 3 is 2.34 bits per heavy atom. The van der Waals surface area contributed by atoms with Gasteiger partial charge in [0.2, 0.25) is 18.4 Å². The molecule has 0 aliphatic carbocycles. The van der Waals surface area contributed by atoms with Crippen molar-refractivity contribution in [2.45, 2.75) is 25.7 Å². The first kappa shape index (κ1) is 36.1. The molecular formula is C38H36INO10. The zero-order chi connectivity index (χ0) is 35.6. The molecule has 1 aliphatic heterocycles. The second kappa shape index (κ2) is 16.9. The summed E-state index contributed by atoms with van der Waals surface area (Å²) in [5.74, 6) is 0.191. The number of ketones is 1. The van der Waals surface area contributed by atoms with Crippen molar-refractivity contribution in [1.82, 2.24) is 5.32 Å². The largest absolute Gasteiger partial charge is 0.507 e. The van der Waals surface area contributed by atoms with Gasteiger partial charge in [-0.3, -0.25) is 9.59 Å². The van der Waals surface area contributed by atoms with Gasteiger partial charge in [-0.1, -0.05) is 42.5 Å². The van der Waals surface area contributed by atoms with Gasteiger partial charge in [0.05, 0.1) is 30.0 Å². The Labute approximate surface area is 302 Å². The van der Waals surface area contributed by atoms with E-state index in [1.54, 1.807) is 66.7 Å². The first-order valence-corrected chi connectivity index (χ1v) is 16.8. The van der Waals surface area contributed by atoms with Crippen LogP contribution in [0.25, 0.3) is 5.57 Å². The maximum Gasteiger partial charge on any atom is 0.336 e. The van der Waals surface area contributed by atoms with Crippen molar-refractivity contribution >= 4 is 45.8 Å². The summed E-state index contributed by atoms with van der Waals surface area (Å²) >= 11 is 2.06. The molecule has 4 aromatic rings. The van der Waals surface area contributed by atoms with Crippen molar-refractivity contribution in [3.8, 4) is 34.5 Å². The highest BCUT2D eigenvalue weighted by Gasteiger charge is 2.27. The lowest BCUT2D eigenvalue weighted by molar-refractivity contribution is -0.130. The van der Waals surface area contributed by atoms with E-state index in [4.69, 9.17) is 23.7 Å². The highest BCUT2D eigenvalue weighted by Crippen LogP contribution is 2.41. The van der Waals surface area contributed by atoms with Crippen LogP contribution in [0.15, 0.2) is 84.4 Å². The number of ether oxygens (including phenoxy) is 5. The molecule has 0 aromatic heterocycles. The van der Waals surface area contributed by atoms with Crippen LogP contribution in [-0.4, -0.2) is 62.0 Å². The minimum atomic E-state index is -1.28. The number of carbonyl (C=O) groups excluding carboxylic acids is 2. The number of methoxy groups -OCH3 is 2. The number of aliphatic carboxylic acids is 1. The molecule has 0 fully saturated rings. The number of halogens is 1. The van der Waals surface area contributed by atoms with Gasteiger partial charge in [-0.05, 0) is 88.5 Å². The van der Waals surface area contributed by atoms with Gasteiger partial charge in [-0.2, -0.15) is 0 Å². The Hall–Kier alpha value is -5.24. The van der Waals surface area contributed by atoms with Crippen molar-refractivity contribution in [2.75, 3.05) is 34.2 Å². The normalized spacial score (nSPS) is 12.1. The first-order valence-electron chi connectivity index (χ1n) is 15.8. The van der Waals surface area contributed by atoms with Gasteiger partial charge in [0.1, 0.15) is 5.75 Å². The van der Waals surface area contributed by atoms with Gasteiger partial charge in [0, 0.05) is 30.5 Å². The number of carboxylic acid groups (broad SMARTS) is 1. The number of phenols is 1. The molecule has 0 saturated heterocycles. The smallest absolute Gasteiger partial charge is 0.336 e. The minimum absolute atomic E-state index is 0.0142. The summed E-state index contributed by atoms with van der Waals surface area (Å²) in [5.41, 5.74) is 2.02. The van der Waals surface area contributed by atoms with Crippen molar-refractivity contribution in [1.29, 1.82) is 0 Å². The van der Waals surface area contributed by atoms with Crippen LogP contribution in [0.1, 0.15) is 39.9 Å². The summed E-state index contributed by atoms with van der Waals surface area (Å²) in [5, 5.41) is 23.1. The van der Waals surface area contributed by atoms with Gasteiger partial charge in [0.25, 0.3) is 0 Å². The third-order valence-electron chi connectivity index (χ3n) is 7.93. The maximum absolute atomic E-state index is 14.0. The van der Waals surface area contributed by atoms with Gasteiger partial charge < -0.3 is 39.2 Å². The molecule has 3 N–H and O–H groups in total. The summed E-state index contributed by atoms with van der Waals surface area (Å²) in [6.45, 7) is 0.645. The second-order valence-electron chi connectivity index (χ2n) is 11.3. The average Bonchev–Trinajstić information content (AvgIpc) is 3.59. The Balaban J connectivity index is 1.35. The number of aromatic hydroxyl groups is 1. The van der Waals surface area contributed by atoms with E-state index >= 15 is 0 Å². The van der Waals surface area contributed by atoms with E-state index in [-0.39, 0.29) is 54.6 Å². The fraction of sp³-hybridized carbons (Fsp3) is 0.237. The fourth-order valence-corrected chi connectivity index (χ4v) is 6.06. The molecule has 11 nitrogen and oxygen atoms in total. The molecule has 0 unspecified atom stereocenters. The van der Waals surface area contributed by atoms with Gasteiger partial charge in [-0.15, -0.1) is 0 Å². The molecule has 0 atom stereocenters. The molecule has 50 heavy (non-hydrogen) atoms. The lowest BCUT2D eigenvalue weighted by atomic mass is 9.89. The Bertz CT molecular complexity index is 1910. The standard InChI is InChI=1S/C38H36INO10/c1-46-32-19-24(20-33(37(32)47-2)48-16-6-9-34(42)40-15-14-23-10-12-29(41)28(39)18-23)17-27(36(43)25-7-4-3-5-8-25)35(38(44)45)26-11-13-30-31(21-26)50-22-49-30/h3-5,7-8,10-13,18-21,41H,6,9,14-17,22H2,1-2H3,(H,40,42)(H,44,45)/b35-27-. The lowest BCUT2D eigenvalue weighted by Gasteiger charge is -2.18. The highest BCUT2D eigenvalue weighted by atomic mass is 127. The molecular weight excluding hydrogens is 757 g/mol. The van der Waals surface area contributed by atoms with Crippen LogP contribution in [0.4, 0.5) is 0 Å². The van der Waals surface area contributed by atoms with Crippen LogP contribution in [0.2, 0.25) is 0 Å². The van der Waals surface area contributed by atoms with Gasteiger partial charge in [0.15, 0.2) is 28.8 Å². The van der Waals surface area contributed by atoms with Crippen LogP contribution in [0.3, 0.4) is 0 Å². The predicted molar refractivity (Wildman–Crippen MR) is 193 cm³/mol. The topological polar surface area (TPSA) is 150 Å². The average molecular weight is 794 g/mol. The van der Waals surface area contributed by atoms with E-state index in [0.717, 1.165) is 9.13 Å². The second-order valence-corrected chi connectivity index (χ2v) is 12.4. The Morgan fingerprint density at radius 1 is 0.860 bits per heavy atom. The SMILES string of the molecule is COc1cc(C/C(C(=O)c2ccccc2)=C(/C(=O)O)c2ccc3c(c2)OCO3)cc(OCCCC(=O)NCCc2ccc(O)c(I)c2)c1OC. The summed E-state index contributed by atoms with van der Waals surface area (Å²) in [6.07, 6.45) is 1.18. The number of nitrogens with one attached hydrogen (secondary N) is 1. The molecule has 260 valence electrons. The predicted octanol–water partition coefficient (Wildman–Crippen LogP) is 6.22. The Kier molecular flexibility index (Phi) is 12.2. The van der Waals surface area contributed by atoms with Crippen molar-refractivity contribution < 1.29 is 48.3 Å². The molecule has 12 heteroatoms. The van der Waals surface area contributed by atoms with E-state index < -0.39 is 11.8 Å².